The molecule has 3 heteroatoms. The zero-order valence-electron chi connectivity index (χ0n) is 12.9. The van der Waals surface area contributed by atoms with E-state index in [2.05, 4.69) is 31.1 Å². The number of nitrogens with zero attached hydrogens (tertiary/aromatic N) is 1. The second kappa shape index (κ2) is 7.09. The Balaban J connectivity index is 2.07. The number of rotatable bonds is 5. The molecule has 3 atom stereocenters. The predicted molar refractivity (Wildman–Crippen MR) is 82.1 cm³/mol. The number of hydrogen-bond donors (Lipinski definition) is 1. The van der Waals surface area contributed by atoms with E-state index in [1.165, 1.54) is 18.4 Å². The van der Waals surface area contributed by atoms with Crippen molar-refractivity contribution in [1.82, 2.24) is 4.90 Å². The van der Waals surface area contributed by atoms with Gasteiger partial charge in [0.05, 0.1) is 13.2 Å². The van der Waals surface area contributed by atoms with E-state index in [9.17, 15) is 5.11 Å². The maximum atomic E-state index is 10.3. The first-order chi connectivity index (χ1) is 9.61. The largest absolute Gasteiger partial charge is 0.497 e. The lowest BCUT2D eigenvalue weighted by Gasteiger charge is -2.38. The van der Waals surface area contributed by atoms with Crippen LogP contribution in [-0.2, 0) is 6.42 Å². The van der Waals surface area contributed by atoms with Gasteiger partial charge in [0.1, 0.15) is 5.75 Å². The Morgan fingerprint density at radius 3 is 2.40 bits per heavy atom. The van der Waals surface area contributed by atoms with Crippen molar-refractivity contribution >= 4 is 0 Å². The molecular weight excluding hydrogens is 250 g/mol. The number of likely N-dealkylation sites (N-methyl/N-ethyl adjacent to an activating group) is 1. The van der Waals surface area contributed by atoms with Gasteiger partial charge in [0, 0.05) is 12.0 Å². The Labute approximate surface area is 122 Å². The minimum atomic E-state index is -0.144. The van der Waals surface area contributed by atoms with E-state index in [0.29, 0.717) is 12.0 Å². The van der Waals surface area contributed by atoms with Gasteiger partial charge >= 0.3 is 0 Å². The molecular formula is C17H27NO2. The topological polar surface area (TPSA) is 32.7 Å². The molecule has 2 rings (SSSR count). The molecule has 1 aliphatic rings. The van der Waals surface area contributed by atoms with Gasteiger partial charge in [-0.1, -0.05) is 25.0 Å². The molecule has 0 bridgehead atoms. The fourth-order valence-corrected chi connectivity index (χ4v) is 3.31. The molecule has 1 fully saturated rings. The third-order valence-electron chi connectivity index (χ3n) is 4.54. The first-order valence-electron chi connectivity index (χ1n) is 7.59. The normalized spacial score (nSPS) is 24.6. The molecule has 1 aliphatic carbocycles. The summed E-state index contributed by atoms with van der Waals surface area (Å²) in [6.07, 6.45) is 5.35. The van der Waals surface area contributed by atoms with E-state index in [0.717, 1.165) is 25.0 Å². The van der Waals surface area contributed by atoms with E-state index in [-0.39, 0.29) is 6.10 Å². The molecule has 3 nitrogen and oxygen atoms in total. The van der Waals surface area contributed by atoms with Gasteiger partial charge in [-0.3, -0.25) is 0 Å². The Morgan fingerprint density at radius 2 is 1.85 bits per heavy atom. The lowest BCUT2D eigenvalue weighted by atomic mass is 9.79. The summed E-state index contributed by atoms with van der Waals surface area (Å²) < 4.78 is 5.20. The highest BCUT2D eigenvalue weighted by atomic mass is 16.5. The highest BCUT2D eigenvalue weighted by molar-refractivity contribution is 5.27. The fraction of sp³-hybridized carbons (Fsp3) is 0.647. The molecule has 0 amide bonds. The van der Waals surface area contributed by atoms with Crippen molar-refractivity contribution in [1.29, 1.82) is 0 Å². The number of aliphatic hydroxyl groups is 1. The quantitative estimate of drug-likeness (QED) is 0.898. The molecule has 3 unspecified atom stereocenters. The minimum absolute atomic E-state index is 0.144. The van der Waals surface area contributed by atoms with Crippen LogP contribution in [0.4, 0.5) is 0 Å². The van der Waals surface area contributed by atoms with Crippen LogP contribution in [0.15, 0.2) is 24.3 Å². The summed E-state index contributed by atoms with van der Waals surface area (Å²) in [6.45, 7) is 0. The average molecular weight is 277 g/mol. The summed E-state index contributed by atoms with van der Waals surface area (Å²) in [5.74, 6) is 1.29. The first-order valence-corrected chi connectivity index (χ1v) is 7.59. The van der Waals surface area contributed by atoms with Gasteiger partial charge in [-0.25, -0.2) is 0 Å². The number of hydrogen-bond acceptors (Lipinski definition) is 3. The van der Waals surface area contributed by atoms with E-state index >= 15 is 0 Å². The molecule has 112 valence electrons. The lowest BCUT2D eigenvalue weighted by Crippen LogP contribution is -2.44. The van der Waals surface area contributed by atoms with Gasteiger partial charge in [-0.15, -0.1) is 0 Å². The summed E-state index contributed by atoms with van der Waals surface area (Å²) in [5, 5.41) is 10.3. The SMILES string of the molecule is COc1ccc(CC(C2CCCCC2O)N(C)C)cc1. The van der Waals surface area contributed by atoms with Crippen molar-refractivity contribution in [2.75, 3.05) is 21.2 Å². The molecule has 1 aromatic carbocycles. The molecule has 0 saturated heterocycles. The van der Waals surface area contributed by atoms with Gasteiger partial charge < -0.3 is 14.7 Å². The molecule has 1 N–H and O–H groups in total. The molecule has 1 aromatic rings. The zero-order valence-corrected chi connectivity index (χ0v) is 12.9. The monoisotopic (exact) mass is 277 g/mol. The standard InChI is InChI=1S/C17H27NO2/c1-18(2)16(15-6-4-5-7-17(15)19)12-13-8-10-14(20-3)11-9-13/h8-11,15-17,19H,4-7,12H2,1-3H3. The van der Waals surface area contributed by atoms with Crippen LogP contribution < -0.4 is 4.74 Å². The minimum Gasteiger partial charge on any atom is -0.497 e. The summed E-state index contributed by atoms with van der Waals surface area (Å²) >= 11 is 0. The number of benzene rings is 1. The lowest BCUT2D eigenvalue weighted by molar-refractivity contribution is 0.0229. The van der Waals surface area contributed by atoms with E-state index in [4.69, 9.17) is 4.74 Å². The van der Waals surface area contributed by atoms with E-state index in [1.807, 2.05) is 12.1 Å². The molecule has 0 radical (unpaired) electrons. The third-order valence-corrected chi connectivity index (χ3v) is 4.54. The Bertz CT molecular complexity index is 402. The maximum Gasteiger partial charge on any atom is 0.118 e. The predicted octanol–water partition coefficient (Wildman–Crippen LogP) is 2.72. The van der Waals surface area contributed by atoms with E-state index in [1.54, 1.807) is 7.11 Å². The fourth-order valence-electron chi connectivity index (χ4n) is 3.31. The van der Waals surface area contributed by atoms with Crippen LogP contribution >= 0.6 is 0 Å². The van der Waals surface area contributed by atoms with Crippen LogP contribution in [0.2, 0.25) is 0 Å². The van der Waals surface area contributed by atoms with Crippen molar-refractivity contribution in [2.45, 2.75) is 44.2 Å². The van der Waals surface area contributed by atoms with Crippen molar-refractivity contribution < 1.29 is 9.84 Å². The Morgan fingerprint density at radius 1 is 1.20 bits per heavy atom. The highest BCUT2D eigenvalue weighted by Gasteiger charge is 2.31. The number of ether oxygens (including phenoxy) is 1. The van der Waals surface area contributed by atoms with Crippen molar-refractivity contribution in [2.24, 2.45) is 5.92 Å². The van der Waals surface area contributed by atoms with Crippen molar-refractivity contribution in [3.63, 3.8) is 0 Å². The summed E-state index contributed by atoms with van der Waals surface area (Å²) in [4.78, 5) is 2.27. The van der Waals surface area contributed by atoms with Crippen molar-refractivity contribution in [3.05, 3.63) is 29.8 Å². The Hall–Kier alpha value is -1.06. The van der Waals surface area contributed by atoms with Crippen molar-refractivity contribution in [3.8, 4) is 5.75 Å². The zero-order chi connectivity index (χ0) is 14.5. The van der Waals surface area contributed by atoms with E-state index < -0.39 is 0 Å². The molecule has 0 aromatic heterocycles. The van der Waals surface area contributed by atoms with Crippen LogP contribution in [-0.4, -0.2) is 43.4 Å². The van der Waals surface area contributed by atoms with Crippen LogP contribution in [0.25, 0.3) is 0 Å². The van der Waals surface area contributed by atoms with Gasteiger partial charge in [0.25, 0.3) is 0 Å². The number of aliphatic hydroxyl groups excluding tert-OH is 1. The van der Waals surface area contributed by atoms with Gasteiger partial charge in [-0.2, -0.15) is 0 Å². The maximum absolute atomic E-state index is 10.3. The number of methoxy groups -OCH3 is 1. The molecule has 0 aliphatic heterocycles. The molecule has 20 heavy (non-hydrogen) atoms. The second-order valence-electron chi connectivity index (χ2n) is 6.10. The van der Waals surface area contributed by atoms with Gasteiger partial charge in [0.2, 0.25) is 0 Å². The molecule has 1 saturated carbocycles. The highest BCUT2D eigenvalue weighted by Crippen LogP contribution is 2.30. The summed E-state index contributed by atoms with van der Waals surface area (Å²) in [5.41, 5.74) is 1.31. The molecule has 0 heterocycles. The first kappa shape index (κ1) is 15.3. The van der Waals surface area contributed by atoms with Gasteiger partial charge in [-0.05, 0) is 51.1 Å². The smallest absolute Gasteiger partial charge is 0.118 e. The van der Waals surface area contributed by atoms with Crippen LogP contribution in [0.3, 0.4) is 0 Å². The molecule has 0 spiro atoms. The average Bonchev–Trinajstić information content (AvgIpc) is 2.46. The van der Waals surface area contributed by atoms with Gasteiger partial charge in [0.15, 0.2) is 0 Å². The summed E-state index contributed by atoms with van der Waals surface area (Å²) in [6, 6.07) is 8.69. The van der Waals surface area contributed by atoms with Crippen LogP contribution in [0.5, 0.6) is 5.75 Å². The van der Waals surface area contributed by atoms with Crippen LogP contribution in [0, 0.1) is 5.92 Å². The summed E-state index contributed by atoms with van der Waals surface area (Å²) in [7, 11) is 5.93. The second-order valence-corrected chi connectivity index (χ2v) is 6.10. The Kier molecular flexibility index (Phi) is 5.44. The third kappa shape index (κ3) is 3.74. The van der Waals surface area contributed by atoms with Crippen LogP contribution in [0.1, 0.15) is 31.2 Å².